The van der Waals surface area contributed by atoms with Crippen LogP contribution in [0.2, 0.25) is 0 Å². The molecule has 3 amide bonds. The van der Waals surface area contributed by atoms with Crippen molar-refractivity contribution in [1.82, 2.24) is 20.1 Å². The van der Waals surface area contributed by atoms with Crippen molar-refractivity contribution in [2.24, 2.45) is 13.0 Å². The second-order valence-corrected chi connectivity index (χ2v) is 14.5. The first kappa shape index (κ1) is 35.7. The van der Waals surface area contributed by atoms with Crippen LogP contribution >= 0.6 is 15.9 Å². The molecule has 1 aromatic heterocycles. The fourth-order valence-corrected chi connectivity index (χ4v) is 8.33. The lowest BCUT2D eigenvalue weighted by molar-refractivity contribution is -0.148. The number of carbonyl (C=O) groups excluding carboxylic acids is 4. The molecule has 1 aromatic carbocycles. The zero-order chi connectivity index (χ0) is 35.6. The van der Waals surface area contributed by atoms with Crippen LogP contribution in [-0.2, 0) is 30.9 Å². The number of rotatable bonds is 6. The number of benzene rings is 1. The zero-order valence-electron chi connectivity index (χ0n) is 28.7. The van der Waals surface area contributed by atoms with E-state index in [4.69, 9.17) is 18.9 Å². The van der Waals surface area contributed by atoms with Crippen LogP contribution in [0.1, 0.15) is 70.6 Å². The Morgan fingerprint density at radius 3 is 2.50 bits per heavy atom. The van der Waals surface area contributed by atoms with Crippen LogP contribution in [0.15, 0.2) is 39.6 Å². The number of hydrogen-bond acceptors (Lipinski definition) is 9. The first-order chi connectivity index (χ1) is 24.1. The summed E-state index contributed by atoms with van der Waals surface area (Å²) in [4.78, 5) is 69.1. The van der Waals surface area contributed by atoms with Crippen molar-refractivity contribution in [3.8, 4) is 11.5 Å². The summed E-state index contributed by atoms with van der Waals surface area (Å²) in [5.41, 5.74) is -0.987. The average molecular weight is 758 g/mol. The number of nitrogens with zero attached hydrogens (tertiary/aromatic N) is 2. The highest BCUT2D eigenvalue weighted by molar-refractivity contribution is 9.10. The minimum atomic E-state index is -1.23. The number of allylic oxidation sites excluding steroid dienone is 1. The fraction of sp³-hybridized carbons (Fsp3) is 0.583. The van der Waals surface area contributed by atoms with Crippen molar-refractivity contribution in [2.45, 2.75) is 100 Å². The molecule has 4 aliphatic rings. The molecule has 1 saturated heterocycles. The summed E-state index contributed by atoms with van der Waals surface area (Å²) in [5, 5.41) is 6.38. The smallest absolute Gasteiger partial charge is 0.408 e. The highest BCUT2D eigenvalue weighted by Crippen LogP contribution is 2.46. The number of aryl methyl sites for hydroxylation is 1. The zero-order valence-corrected chi connectivity index (χ0v) is 30.3. The maximum Gasteiger partial charge on any atom is 0.408 e. The second-order valence-electron chi connectivity index (χ2n) is 13.7. The van der Waals surface area contributed by atoms with Gasteiger partial charge in [-0.25, -0.2) is 9.59 Å². The summed E-state index contributed by atoms with van der Waals surface area (Å²) in [6.07, 6.45) is 9.98. The van der Waals surface area contributed by atoms with Crippen LogP contribution in [0.4, 0.5) is 4.79 Å². The molecule has 2 N–H and O–H groups in total. The molecular weight excluding hydrogens is 712 g/mol. The van der Waals surface area contributed by atoms with E-state index in [0.29, 0.717) is 46.1 Å². The van der Waals surface area contributed by atoms with Crippen molar-refractivity contribution in [1.29, 1.82) is 0 Å². The Balaban J connectivity index is 1.32. The number of pyridine rings is 1. The van der Waals surface area contributed by atoms with Gasteiger partial charge in [-0.1, -0.05) is 25.0 Å². The molecule has 2 aliphatic heterocycles. The quantitative estimate of drug-likeness (QED) is 0.325. The monoisotopic (exact) mass is 756 g/mol. The third-order valence-corrected chi connectivity index (χ3v) is 11.2. The predicted molar refractivity (Wildman–Crippen MR) is 187 cm³/mol. The lowest BCUT2D eigenvalue weighted by Gasteiger charge is -2.29. The van der Waals surface area contributed by atoms with Crippen LogP contribution in [-0.4, -0.2) is 83.9 Å². The summed E-state index contributed by atoms with van der Waals surface area (Å²) in [5.74, 6) is -0.904. The van der Waals surface area contributed by atoms with E-state index in [1.807, 2.05) is 12.2 Å². The average Bonchev–Trinajstić information content (AvgIpc) is 3.38. The van der Waals surface area contributed by atoms with Gasteiger partial charge in [0.1, 0.15) is 41.3 Å². The first-order valence-corrected chi connectivity index (χ1v) is 18.2. The largest absolute Gasteiger partial charge is 0.495 e. The summed E-state index contributed by atoms with van der Waals surface area (Å²) in [7, 11) is 4.47. The van der Waals surface area contributed by atoms with E-state index in [1.165, 1.54) is 29.8 Å². The number of carbonyl (C=O) groups is 4. The Morgan fingerprint density at radius 2 is 1.76 bits per heavy atom. The standard InChI is InChI=1S/C36H45BrN4O9/c1-40-29(42)18-28(24-15-16-27(47-2)30(37)31(24)40)49-23-17-26-32(43)39-36(34(45)48-3)19-21(36)11-7-5-4-6-8-14-25(33(44)41(26)20-23)38-35(46)50-22-12-9-10-13-22/h7,11,15-16,18,21-23,25-26H,4-6,8-10,12-14,17,19-20H2,1-3H3,(H,38,46)(H,39,43)/b11-7-/t21-,23-,25+,26+,36-/m1/s1. The molecule has 2 aromatic rings. The molecule has 0 bridgehead atoms. The third-order valence-electron chi connectivity index (χ3n) is 10.4. The molecule has 5 atom stereocenters. The van der Waals surface area contributed by atoms with Gasteiger partial charge in [-0.15, -0.1) is 0 Å². The van der Waals surface area contributed by atoms with E-state index in [1.54, 1.807) is 19.2 Å². The third kappa shape index (κ3) is 7.22. The number of ether oxygens (including phenoxy) is 4. The summed E-state index contributed by atoms with van der Waals surface area (Å²) >= 11 is 3.55. The number of aromatic nitrogens is 1. The molecule has 6 rings (SSSR count). The molecule has 0 unspecified atom stereocenters. The maximum atomic E-state index is 14.4. The Hall–Kier alpha value is -4.07. The Labute approximate surface area is 299 Å². The van der Waals surface area contributed by atoms with Crippen LogP contribution in [0.3, 0.4) is 0 Å². The Bertz CT molecular complexity index is 1740. The van der Waals surface area contributed by atoms with Crippen LogP contribution < -0.4 is 25.7 Å². The van der Waals surface area contributed by atoms with Gasteiger partial charge in [0, 0.05) is 30.8 Å². The highest BCUT2D eigenvalue weighted by Gasteiger charge is 2.62. The van der Waals surface area contributed by atoms with E-state index >= 15 is 0 Å². The first-order valence-electron chi connectivity index (χ1n) is 17.4. The summed E-state index contributed by atoms with van der Waals surface area (Å²) < 4.78 is 24.7. The number of halogens is 1. The van der Waals surface area contributed by atoms with Crippen LogP contribution in [0, 0.1) is 5.92 Å². The molecule has 50 heavy (non-hydrogen) atoms. The van der Waals surface area contributed by atoms with Gasteiger partial charge in [-0.2, -0.15) is 0 Å². The molecule has 13 nitrogen and oxygen atoms in total. The van der Waals surface area contributed by atoms with Crippen LogP contribution in [0.5, 0.6) is 11.5 Å². The molecule has 2 saturated carbocycles. The lowest BCUT2D eigenvalue weighted by atomic mass is 10.0. The minimum Gasteiger partial charge on any atom is -0.495 e. The Kier molecular flexibility index (Phi) is 10.8. The number of hydrogen-bond donors (Lipinski definition) is 2. The van der Waals surface area contributed by atoms with Crippen LogP contribution in [0.25, 0.3) is 10.9 Å². The fourth-order valence-electron chi connectivity index (χ4n) is 7.55. The summed E-state index contributed by atoms with van der Waals surface area (Å²) in [6.45, 7) is 0.00928. The van der Waals surface area contributed by atoms with Gasteiger partial charge in [0.25, 0.3) is 5.56 Å². The highest BCUT2D eigenvalue weighted by atomic mass is 79.9. The van der Waals surface area contributed by atoms with Gasteiger partial charge in [0.15, 0.2) is 0 Å². The molecule has 3 heterocycles. The normalized spacial score (nSPS) is 28.0. The Morgan fingerprint density at radius 1 is 1.00 bits per heavy atom. The predicted octanol–water partition coefficient (Wildman–Crippen LogP) is 4.26. The van der Waals surface area contributed by atoms with E-state index < -0.39 is 47.6 Å². The lowest BCUT2D eigenvalue weighted by Crippen LogP contribution is -2.56. The van der Waals surface area contributed by atoms with E-state index in [2.05, 4.69) is 26.6 Å². The van der Waals surface area contributed by atoms with Gasteiger partial charge >= 0.3 is 12.1 Å². The van der Waals surface area contributed by atoms with Crippen molar-refractivity contribution >= 4 is 50.7 Å². The molecule has 0 spiro atoms. The molecule has 2 aliphatic carbocycles. The van der Waals surface area contributed by atoms with Gasteiger partial charge in [-0.3, -0.25) is 14.4 Å². The van der Waals surface area contributed by atoms with Gasteiger partial charge in [0.2, 0.25) is 11.8 Å². The molecular formula is C36H45BrN4O9. The number of alkyl carbamates (subject to hydrolysis) is 1. The van der Waals surface area contributed by atoms with E-state index in [0.717, 1.165) is 44.9 Å². The summed E-state index contributed by atoms with van der Waals surface area (Å²) in [6, 6.07) is 2.97. The number of esters is 1. The number of nitrogens with one attached hydrogen (secondary N) is 2. The van der Waals surface area contributed by atoms with Crippen molar-refractivity contribution in [3.05, 3.63) is 45.2 Å². The number of methoxy groups -OCH3 is 2. The van der Waals surface area contributed by atoms with Crippen molar-refractivity contribution in [2.75, 3.05) is 20.8 Å². The molecule has 0 radical (unpaired) electrons. The maximum absolute atomic E-state index is 14.4. The molecule has 3 fully saturated rings. The van der Waals surface area contributed by atoms with Gasteiger partial charge < -0.3 is 39.0 Å². The van der Waals surface area contributed by atoms with E-state index in [-0.39, 0.29) is 30.5 Å². The van der Waals surface area contributed by atoms with Crippen molar-refractivity contribution in [3.63, 3.8) is 0 Å². The topological polar surface area (TPSA) is 154 Å². The van der Waals surface area contributed by atoms with Gasteiger partial charge in [-0.05, 0) is 79.4 Å². The number of fused-ring (bicyclic) bond motifs is 3. The number of amides is 3. The molecule has 270 valence electrons. The second kappa shape index (κ2) is 15.0. The van der Waals surface area contributed by atoms with E-state index in [9.17, 15) is 24.0 Å². The SMILES string of the molecule is COC(=O)[C@@]12C[C@H]1/C=C\CCCCC[C@H](NC(=O)OC1CCCC1)C(=O)N1C[C@H](Oc3cc(=O)n(C)c4c(Br)c(OC)ccc34)C[C@H]1C(=O)N2. The van der Waals surface area contributed by atoms with Crippen molar-refractivity contribution < 1.29 is 38.1 Å². The minimum absolute atomic E-state index is 0.00928. The van der Waals surface area contributed by atoms with Gasteiger partial charge in [0.05, 0.1) is 30.8 Å². The molecule has 14 heteroatoms.